The Kier molecular flexibility index (Phi) is 5.10. The fourth-order valence-electron chi connectivity index (χ4n) is 4.04. The molecule has 0 radical (unpaired) electrons. The minimum Gasteiger partial charge on any atom is -0.461 e. The monoisotopic (exact) mass is 432 g/mol. The number of carbonyl (C=O) groups excluding carboxylic acids is 2. The predicted molar refractivity (Wildman–Crippen MR) is 121 cm³/mol. The Morgan fingerprint density at radius 1 is 1.16 bits per heavy atom. The average Bonchev–Trinajstić information content (AvgIpc) is 3.57. The SMILES string of the molecule is Cc1nc2c(s1)CCN(C(=O)c1ccc(COC(=O)C3CC3)c(C)c1)c1ccccc1-2. The van der Waals surface area contributed by atoms with Crippen molar-refractivity contribution in [3.05, 3.63) is 69.0 Å². The minimum atomic E-state index is -0.114. The minimum absolute atomic E-state index is 0.0241. The lowest BCUT2D eigenvalue weighted by Crippen LogP contribution is -2.32. The molecule has 0 unspecified atom stereocenters. The first-order chi connectivity index (χ1) is 15.0. The van der Waals surface area contributed by atoms with Crippen molar-refractivity contribution in [1.29, 1.82) is 0 Å². The van der Waals surface area contributed by atoms with Crippen molar-refractivity contribution in [2.24, 2.45) is 5.92 Å². The first kappa shape index (κ1) is 19.9. The van der Waals surface area contributed by atoms with Crippen LogP contribution in [0.5, 0.6) is 0 Å². The van der Waals surface area contributed by atoms with E-state index in [-0.39, 0.29) is 24.4 Å². The fourth-order valence-corrected chi connectivity index (χ4v) is 4.97. The summed E-state index contributed by atoms with van der Waals surface area (Å²) < 4.78 is 5.41. The molecule has 1 saturated carbocycles. The van der Waals surface area contributed by atoms with Crippen LogP contribution in [0.2, 0.25) is 0 Å². The summed E-state index contributed by atoms with van der Waals surface area (Å²) in [6, 6.07) is 13.6. The van der Waals surface area contributed by atoms with E-state index < -0.39 is 0 Å². The Bertz CT molecular complexity index is 1180. The summed E-state index contributed by atoms with van der Waals surface area (Å²) in [6.45, 7) is 4.85. The smallest absolute Gasteiger partial charge is 0.309 e. The van der Waals surface area contributed by atoms with E-state index in [1.54, 1.807) is 11.3 Å². The zero-order chi connectivity index (χ0) is 21.5. The van der Waals surface area contributed by atoms with Crippen LogP contribution in [-0.4, -0.2) is 23.4 Å². The molecular weight excluding hydrogens is 408 g/mol. The van der Waals surface area contributed by atoms with E-state index in [4.69, 9.17) is 9.72 Å². The zero-order valence-corrected chi connectivity index (χ0v) is 18.5. The van der Waals surface area contributed by atoms with Crippen LogP contribution in [0.4, 0.5) is 5.69 Å². The third-order valence-electron chi connectivity index (χ3n) is 5.93. The van der Waals surface area contributed by atoms with Gasteiger partial charge in [-0.3, -0.25) is 9.59 Å². The largest absolute Gasteiger partial charge is 0.461 e. The second kappa shape index (κ2) is 7.93. The van der Waals surface area contributed by atoms with E-state index in [1.807, 2.05) is 61.2 Å². The Labute approximate surface area is 185 Å². The summed E-state index contributed by atoms with van der Waals surface area (Å²) in [5, 5.41) is 1.05. The van der Waals surface area contributed by atoms with Gasteiger partial charge >= 0.3 is 5.97 Å². The molecule has 0 bridgehead atoms. The highest BCUT2D eigenvalue weighted by atomic mass is 32.1. The van der Waals surface area contributed by atoms with Gasteiger partial charge in [-0.15, -0.1) is 11.3 Å². The van der Waals surface area contributed by atoms with Crippen LogP contribution in [0.15, 0.2) is 42.5 Å². The van der Waals surface area contributed by atoms with Crippen LogP contribution < -0.4 is 4.90 Å². The summed E-state index contributed by atoms with van der Waals surface area (Å²) >= 11 is 1.70. The molecule has 0 spiro atoms. The number of aromatic nitrogens is 1. The van der Waals surface area contributed by atoms with E-state index in [0.29, 0.717) is 12.1 Å². The van der Waals surface area contributed by atoms with Crippen LogP contribution in [-0.2, 0) is 22.6 Å². The van der Waals surface area contributed by atoms with Crippen molar-refractivity contribution in [2.45, 2.75) is 39.7 Å². The average molecular weight is 433 g/mol. The van der Waals surface area contributed by atoms with Crippen molar-refractivity contribution < 1.29 is 14.3 Å². The topological polar surface area (TPSA) is 59.5 Å². The van der Waals surface area contributed by atoms with Gasteiger partial charge in [-0.25, -0.2) is 4.98 Å². The van der Waals surface area contributed by atoms with Crippen LogP contribution in [0, 0.1) is 19.8 Å². The Balaban J connectivity index is 1.40. The van der Waals surface area contributed by atoms with Crippen molar-refractivity contribution in [2.75, 3.05) is 11.4 Å². The second-order valence-electron chi connectivity index (χ2n) is 8.25. The van der Waals surface area contributed by atoms with Crippen molar-refractivity contribution in [1.82, 2.24) is 4.98 Å². The lowest BCUT2D eigenvalue weighted by molar-refractivity contribution is -0.146. The van der Waals surface area contributed by atoms with Crippen LogP contribution in [0.3, 0.4) is 0 Å². The molecule has 1 aliphatic carbocycles. The van der Waals surface area contributed by atoms with Gasteiger partial charge in [0.25, 0.3) is 5.91 Å². The molecule has 2 heterocycles. The number of para-hydroxylation sites is 1. The molecule has 0 N–H and O–H groups in total. The second-order valence-corrected chi connectivity index (χ2v) is 9.54. The molecule has 3 aromatic rings. The van der Waals surface area contributed by atoms with Crippen LogP contribution in [0.1, 0.15) is 44.2 Å². The van der Waals surface area contributed by atoms with Gasteiger partial charge in [0, 0.05) is 29.0 Å². The lowest BCUT2D eigenvalue weighted by Gasteiger charge is -2.23. The van der Waals surface area contributed by atoms with Crippen LogP contribution in [0.25, 0.3) is 11.3 Å². The summed E-state index contributed by atoms with van der Waals surface area (Å²) in [6.07, 6.45) is 2.66. The van der Waals surface area contributed by atoms with E-state index >= 15 is 0 Å². The standard InChI is InChI=1S/C25H24N2O3S/c1-15-13-18(9-10-19(15)14-30-25(29)17-7-8-17)24(28)27-12-11-22-23(26-16(2)31-22)20-5-3-4-6-21(20)27/h3-6,9-10,13,17H,7-8,11-12,14H2,1-2H3. The third kappa shape index (κ3) is 3.88. The van der Waals surface area contributed by atoms with Gasteiger partial charge in [0.15, 0.2) is 0 Å². The van der Waals surface area contributed by atoms with Gasteiger partial charge in [-0.2, -0.15) is 0 Å². The number of fused-ring (bicyclic) bond motifs is 3. The summed E-state index contributed by atoms with van der Waals surface area (Å²) in [5.74, 6) is -0.0493. The van der Waals surface area contributed by atoms with Gasteiger partial charge in [0.05, 0.1) is 22.3 Å². The number of aryl methyl sites for hydroxylation is 2. The van der Waals surface area contributed by atoms with Crippen LogP contribution >= 0.6 is 11.3 Å². The molecular formula is C25H24N2O3S. The van der Waals surface area contributed by atoms with E-state index in [9.17, 15) is 9.59 Å². The maximum Gasteiger partial charge on any atom is 0.309 e. The number of nitrogens with zero attached hydrogens (tertiary/aromatic N) is 2. The van der Waals surface area contributed by atoms with E-state index in [0.717, 1.165) is 52.3 Å². The number of benzene rings is 2. The quantitative estimate of drug-likeness (QED) is 0.539. The molecule has 31 heavy (non-hydrogen) atoms. The number of hydrogen-bond acceptors (Lipinski definition) is 5. The number of hydrogen-bond donors (Lipinski definition) is 0. The van der Waals surface area contributed by atoms with Gasteiger partial charge in [-0.1, -0.05) is 24.3 Å². The Morgan fingerprint density at radius 3 is 2.74 bits per heavy atom. The molecule has 5 rings (SSSR count). The molecule has 158 valence electrons. The normalized spacial score (nSPS) is 15.1. The molecule has 6 heteroatoms. The lowest BCUT2D eigenvalue weighted by atomic mass is 10.0. The predicted octanol–water partition coefficient (Wildman–Crippen LogP) is 5.08. The number of amides is 1. The number of rotatable bonds is 4. The van der Waals surface area contributed by atoms with Crippen molar-refractivity contribution >= 4 is 28.9 Å². The number of anilines is 1. The highest BCUT2D eigenvalue weighted by Crippen LogP contribution is 2.38. The van der Waals surface area contributed by atoms with E-state index in [2.05, 4.69) is 0 Å². The fraction of sp³-hybridized carbons (Fsp3) is 0.320. The number of carbonyl (C=O) groups is 2. The van der Waals surface area contributed by atoms with Gasteiger partial charge in [-0.05, 0) is 56.0 Å². The molecule has 1 aromatic heterocycles. The van der Waals surface area contributed by atoms with Gasteiger partial charge < -0.3 is 9.64 Å². The van der Waals surface area contributed by atoms with Crippen molar-refractivity contribution in [3.63, 3.8) is 0 Å². The first-order valence-corrected chi connectivity index (χ1v) is 11.5. The molecule has 0 atom stereocenters. The van der Waals surface area contributed by atoms with Crippen molar-refractivity contribution in [3.8, 4) is 11.3 Å². The Hall–Kier alpha value is -2.99. The third-order valence-corrected chi connectivity index (χ3v) is 6.96. The Morgan fingerprint density at radius 2 is 1.97 bits per heavy atom. The molecule has 2 aromatic carbocycles. The molecule has 1 aliphatic heterocycles. The van der Waals surface area contributed by atoms with E-state index in [1.165, 1.54) is 4.88 Å². The van der Waals surface area contributed by atoms with Gasteiger partial charge in [0.1, 0.15) is 6.61 Å². The number of esters is 1. The molecule has 0 saturated heterocycles. The summed E-state index contributed by atoms with van der Waals surface area (Å²) in [4.78, 5) is 33.2. The summed E-state index contributed by atoms with van der Waals surface area (Å²) in [5.41, 5.74) is 5.43. The maximum atomic E-state index is 13.5. The zero-order valence-electron chi connectivity index (χ0n) is 17.7. The molecule has 2 aliphatic rings. The highest BCUT2D eigenvalue weighted by Gasteiger charge is 2.31. The number of ether oxygens (including phenoxy) is 1. The highest BCUT2D eigenvalue weighted by molar-refractivity contribution is 7.12. The first-order valence-electron chi connectivity index (χ1n) is 10.6. The summed E-state index contributed by atoms with van der Waals surface area (Å²) in [7, 11) is 0. The maximum absolute atomic E-state index is 13.5. The number of thiazole rings is 1. The van der Waals surface area contributed by atoms with Gasteiger partial charge in [0.2, 0.25) is 0 Å². The molecule has 5 nitrogen and oxygen atoms in total. The molecule has 1 amide bonds. The molecule has 1 fully saturated rings.